The number of hydrogen-bond acceptors (Lipinski definition) is 3. The van der Waals surface area contributed by atoms with Gasteiger partial charge < -0.3 is 5.11 Å². The highest BCUT2D eigenvalue weighted by Gasteiger charge is 2.20. The quantitative estimate of drug-likeness (QED) is 0.877. The second-order valence-electron chi connectivity index (χ2n) is 5.01. The minimum atomic E-state index is -4.02. The Kier molecular flexibility index (Phi) is 4.70. The SMILES string of the molecule is CCc1cccc(C)c1NS(=O)(=O)c1ccc(F)c(C(=O)O)c1. The van der Waals surface area contributed by atoms with Gasteiger partial charge in [0, 0.05) is 0 Å². The molecule has 2 aromatic rings. The first-order valence-electron chi connectivity index (χ1n) is 6.90. The second-order valence-corrected chi connectivity index (χ2v) is 6.70. The second kappa shape index (κ2) is 6.37. The third-order valence-corrected chi connectivity index (χ3v) is 4.80. The molecule has 0 fully saturated rings. The predicted octanol–water partition coefficient (Wildman–Crippen LogP) is 3.20. The highest BCUT2D eigenvalue weighted by Crippen LogP contribution is 2.25. The van der Waals surface area contributed by atoms with Gasteiger partial charge in [0.1, 0.15) is 5.82 Å². The number of carboxylic acids is 1. The first-order valence-corrected chi connectivity index (χ1v) is 8.38. The molecular weight excluding hydrogens is 321 g/mol. The van der Waals surface area contributed by atoms with Crippen LogP contribution in [0.5, 0.6) is 0 Å². The molecule has 122 valence electrons. The van der Waals surface area contributed by atoms with Gasteiger partial charge in [0.2, 0.25) is 0 Å². The van der Waals surface area contributed by atoms with Crippen molar-refractivity contribution in [3.05, 3.63) is 58.9 Å². The van der Waals surface area contributed by atoms with E-state index >= 15 is 0 Å². The molecular formula is C16H16FNO4S. The first kappa shape index (κ1) is 17.0. The minimum Gasteiger partial charge on any atom is -0.478 e. The molecule has 0 radical (unpaired) electrons. The Morgan fingerprint density at radius 3 is 2.57 bits per heavy atom. The summed E-state index contributed by atoms with van der Waals surface area (Å²) < 4.78 is 40.9. The van der Waals surface area contributed by atoms with Crippen LogP contribution in [0.2, 0.25) is 0 Å². The van der Waals surface area contributed by atoms with E-state index in [2.05, 4.69) is 4.72 Å². The van der Waals surface area contributed by atoms with Crippen LogP contribution in [0.3, 0.4) is 0 Å². The maximum atomic E-state index is 13.4. The lowest BCUT2D eigenvalue weighted by Crippen LogP contribution is -2.16. The van der Waals surface area contributed by atoms with E-state index in [0.717, 1.165) is 29.3 Å². The van der Waals surface area contributed by atoms with Gasteiger partial charge in [-0.05, 0) is 42.7 Å². The lowest BCUT2D eigenvalue weighted by molar-refractivity contribution is 0.0691. The minimum absolute atomic E-state index is 0.304. The molecule has 0 bridgehead atoms. The van der Waals surface area contributed by atoms with Crippen molar-refractivity contribution in [3.63, 3.8) is 0 Å². The zero-order chi connectivity index (χ0) is 17.2. The van der Waals surface area contributed by atoms with Gasteiger partial charge in [-0.3, -0.25) is 4.72 Å². The van der Waals surface area contributed by atoms with E-state index in [4.69, 9.17) is 5.11 Å². The molecule has 7 heteroatoms. The topological polar surface area (TPSA) is 83.5 Å². The number of sulfonamides is 1. The summed E-state index contributed by atoms with van der Waals surface area (Å²) in [4.78, 5) is 10.7. The van der Waals surface area contributed by atoms with Gasteiger partial charge in [0.25, 0.3) is 10.0 Å². The zero-order valence-electron chi connectivity index (χ0n) is 12.6. The van der Waals surface area contributed by atoms with Crippen molar-refractivity contribution < 1.29 is 22.7 Å². The number of rotatable bonds is 5. The maximum Gasteiger partial charge on any atom is 0.338 e. The molecule has 0 atom stereocenters. The lowest BCUT2D eigenvalue weighted by Gasteiger charge is -2.14. The summed E-state index contributed by atoms with van der Waals surface area (Å²) in [7, 11) is -4.02. The van der Waals surface area contributed by atoms with Crippen LogP contribution in [0.1, 0.15) is 28.4 Å². The third-order valence-electron chi connectivity index (χ3n) is 3.45. The van der Waals surface area contributed by atoms with Crippen LogP contribution in [0.15, 0.2) is 41.3 Å². The third kappa shape index (κ3) is 3.50. The first-order chi connectivity index (χ1) is 10.8. The van der Waals surface area contributed by atoms with Gasteiger partial charge in [-0.2, -0.15) is 0 Å². The molecule has 2 rings (SSSR count). The molecule has 0 spiro atoms. The smallest absolute Gasteiger partial charge is 0.338 e. The van der Waals surface area contributed by atoms with E-state index in [1.807, 2.05) is 13.0 Å². The maximum absolute atomic E-state index is 13.4. The van der Waals surface area contributed by atoms with Crippen LogP contribution in [-0.4, -0.2) is 19.5 Å². The number of nitrogens with one attached hydrogen (secondary N) is 1. The summed E-state index contributed by atoms with van der Waals surface area (Å²) >= 11 is 0. The largest absolute Gasteiger partial charge is 0.478 e. The van der Waals surface area contributed by atoms with Crippen molar-refractivity contribution in [3.8, 4) is 0 Å². The molecule has 2 aromatic carbocycles. The summed E-state index contributed by atoms with van der Waals surface area (Å²) in [5, 5.41) is 8.92. The molecule has 23 heavy (non-hydrogen) atoms. The van der Waals surface area contributed by atoms with E-state index in [-0.39, 0.29) is 4.90 Å². The molecule has 0 aromatic heterocycles. The van der Waals surface area contributed by atoms with Crippen LogP contribution in [0, 0.1) is 12.7 Å². The van der Waals surface area contributed by atoms with Crippen molar-refractivity contribution in [2.45, 2.75) is 25.2 Å². The fourth-order valence-corrected chi connectivity index (χ4v) is 3.40. The fraction of sp³-hybridized carbons (Fsp3) is 0.188. The molecule has 0 saturated carbocycles. The Morgan fingerprint density at radius 1 is 1.26 bits per heavy atom. The molecule has 0 aliphatic rings. The molecule has 0 unspecified atom stereocenters. The van der Waals surface area contributed by atoms with Crippen molar-refractivity contribution in [2.24, 2.45) is 0 Å². The average Bonchev–Trinajstić information content (AvgIpc) is 2.49. The molecule has 0 aliphatic carbocycles. The molecule has 0 aliphatic heterocycles. The Morgan fingerprint density at radius 2 is 1.96 bits per heavy atom. The number of para-hydroxylation sites is 1. The zero-order valence-corrected chi connectivity index (χ0v) is 13.4. The van der Waals surface area contributed by atoms with Gasteiger partial charge in [-0.15, -0.1) is 0 Å². The summed E-state index contributed by atoms with van der Waals surface area (Å²) in [5.74, 6) is -2.51. The van der Waals surface area contributed by atoms with Gasteiger partial charge in [-0.25, -0.2) is 17.6 Å². The van der Waals surface area contributed by atoms with Gasteiger partial charge in [-0.1, -0.05) is 25.1 Å². The molecule has 0 amide bonds. The molecule has 0 heterocycles. The van der Waals surface area contributed by atoms with Crippen LogP contribution < -0.4 is 4.72 Å². The fourth-order valence-electron chi connectivity index (χ4n) is 2.20. The van der Waals surface area contributed by atoms with Crippen LogP contribution in [-0.2, 0) is 16.4 Å². The number of carbonyl (C=O) groups is 1. The molecule has 5 nitrogen and oxygen atoms in total. The Hall–Kier alpha value is -2.41. The number of aryl methyl sites for hydroxylation is 2. The number of anilines is 1. The van der Waals surface area contributed by atoms with Crippen LogP contribution >= 0.6 is 0 Å². The normalized spacial score (nSPS) is 11.3. The molecule has 0 saturated heterocycles. The summed E-state index contributed by atoms with van der Waals surface area (Å²) in [6, 6.07) is 8.07. The van der Waals surface area contributed by atoms with E-state index in [1.54, 1.807) is 19.1 Å². The van der Waals surface area contributed by atoms with E-state index in [0.29, 0.717) is 12.1 Å². The summed E-state index contributed by atoms with van der Waals surface area (Å²) in [5.41, 5.74) is 1.33. The average molecular weight is 337 g/mol. The number of hydrogen-bond donors (Lipinski definition) is 2. The van der Waals surface area contributed by atoms with Crippen LogP contribution in [0.25, 0.3) is 0 Å². The van der Waals surface area contributed by atoms with Gasteiger partial charge in [0.15, 0.2) is 0 Å². The van der Waals surface area contributed by atoms with Gasteiger partial charge >= 0.3 is 5.97 Å². The van der Waals surface area contributed by atoms with E-state index in [9.17, 15) is 17.6 Å². The number of carboxylic acid groups (broad SMARTS) is 1. The Bertz CT molecular complexity index is 862. The standard InChI is InChI=1S/C16H16FNO4S/c1-3-11-6-4-5-10(2)15(11)18-23(21,22)12-7-8-14(17)13(9-12)16(19)20/h4-9,18H,3H2,1-2H3,(H,19,20). The van der Waals surface area contributed by atoms with Crippen molar-refractivity contribution in [1.29, 1.82) is 0 Å². The van der Waals surface area contributed by atoms with E-state index in [1.165, 1.54) is 0 Å². The monoisotopic (exact) mass is 337 g/mol. The van der Waals surface area contributed by atoms with Crippen molar-refractivity contribution in [2.75, 3.05) is 4.72 Å². The highest BCUT2D eigenvalue weighted by atomic mass is 32.2. The number of aromatic carboxylic acids is 1. The highest BCUT2D eigenvalue weighted by molar-refractivity contribution is 7.92. The Balaban J connectivity index is 2.49. The van der Waals surface area contributed by atoms with Crippen molar-refractivity contribution >= 4 is 21.7 Å². The predicted molar refractivity (Wildman–Crippen MR) is 84.7 cm³/mol. The Labute approximate surface area is 133 Å². The van der Waals surface area contributed by atoms with Crippen molar-refractivity contribution in [1.82, 2.24) is 0 Å². The number of halogens is 1. The summed E-state index contributed by atoms with van der Waals surface area (Å²) in [6.07, 6.45) is 0.628. The van der Waals surface area contributed by atoms with Gasteiger partial charge in [0.05, 0.1) is 16.1 Å². The number of benzene rings is 2. The lowest BCUT2D eigenvalue weighted by atomic mass is 10.1. The van der Waals surface area contributed by atoms with Crippen LogP contribution in [0.4, 0.5) is 10.1 Å². The molecule has 2 N–H and O–H groups in total. The van der Waals surface area contributed by atoms with E-state index < -0.39 is 27.4 Å². The summed E-state index contributed by atoms with van der Waals surface area (Å²) in [6.45, 7) is 3.66.